The lowest BCUT2D eigenvalue weighted by molar-refractivity contribution is -0.111. The fraction of sp³-hybridized carbons (Fsp3) is 0.909. The summed E-state index contributed by atoms with van der Waals surface area (Å²) >= 11 is 0. The van der Waals surface area contributed by atoms with Crippen molar-refractivity contribution in [3.05, 3.63) is 0 Å². The highest BCUT2D eigenvalue weighted by atomic mass is 16.1. The van der Waals surface area contributed by atoms with Gasteiger partial charge in [0.2, 0.25) is 0 Å². The van der Waals surface area contributed by atoms with Gasteiger partial charge in [0.15, 0.2) is 0 Å². The fourth-order valence-corrected chi connectivity index (χ4v) is 2.36. The highest BCUT2D eigenvalue weighted by Gasteiger charge is 2.20. The third kappa shape index (κ3) is 2.96. The molecule has 0 amide bonds. The van der Waals surface area contributed by atoms with Crippen molar-refractivity contribution in [3.63, 3.8) is 0 Å². The molecule has 70 valence electrons. The average Bonchev–Trinajstić information content (AvgIpc) is 2.04. The van der Waals surface area contributed by atoms with E-state index in [0.717, 1.165) is 24.5 Å². The highest BCUT2D eigenvalue weighted by molar-refractivity contribution is 5.52. The van der Waals surface area contributed by atoms with E-state index in [2.05, 4.69) is 6.92 Å². The Hall–Kier alpha value is -0.330. The van der Waals surface area contributed by atoms with E-state index in [0.29, 0.717) is 0 Å². The molecule has 1 aliphatic rings. The minimum absolute atomic E-state index is 0.278. The second kappa shape index (κ2) is 4.64. The monoisotopic (exact) mass is 168 g/mol. The van der Waals surface area contributed by atoms with Gasteiger partial charge in [0.25, 0.3) is 0 Å². The molecule has 1 aliphatic carbocycles. The maximum atomic E-state index is 10.5. The first-order valence-corrected chi connectivity index (χ1v) is 5.17. The minimum Gasteiger partial charge on any atom is -0.303 e. The Kier molecular flexibility index (Phi) is 3.77. The van der Waals surface area contributed by atoms with Crippen molar-refractivity contribution in [2.75, 3.05) is 0 Å². The normalized spacial score (nSPS) is 32.8. The van der Waals surface area contributed by atoms with Crippen molar-refractivity contribution >= 4 is 6.29 Å². The van der Waals surface area contributed by atoms with E-state index in [1.54, 1.807) is 0 Å². The maximum absolute atomic E-state index is 10.5. The summed E-state index contributed by atoms with van der Waals surface area (Å²) < 4.78 is 0. The Morgan fingerprint density at radius 1 is 1.50 bits per heavy atom. The van der Waals surface area contributed by atoms with E-state index in [4.69, 9.17) is 0 Å². The molecule has 0 aromatic heterocycles. The number of carbonyl (C=O) groups excluding carboxylic acids is 1. The molecule has 0 spiro atoms. The largest absolute Gasteiger partial charge is 0.303 e. The van der Waals surface area contributed by atoms with Gasteiger partial charge in [-0.15, -0.1) is 0 Å². The third-order valence-electron chi connectivity index (χ3n) is 2.98. The Labute approximate surface area is 75.5 Å². The predicted octanol–water partition coefficient (Wildman–Crippen LogP) is 3.04. The lowest BCUT2D eigenvalue weighted by Crippen LogP contribution is -2.16. The summed E-state index contributed by atoms with van der Waals surface area (Å²) in [5.74, 6) is 2.00. The Balaban J connectivity index is 2.26. The summed E-state index contributed by atoms with van der Waals surface area (Å²) in [7, 11) is 0. The van der Waals surface area contributed by atoms with Crippen LogP contribution in [0.5, 0.6) is 0 Å². The Morgan fingerprint density at radius 3 is 2.83 bits per heavy atom. The van der Waals surface area contributed by atoms with Gasteiger partial charge in [-0.3, -0.25) is 0 Å². The second-order valence-corrected chi connectivity index (χ2v) is 4.49. The van der Waals surface area contributed by atoms with Gasteiger partial charge < -0.3 is 4.79 Å². The quantitative estimate of drug-likeness (QED) is 0.592. The van der Waals surface area contributed by atoms with Crippen LogP contribution in [0.25, 0.3) is 0 Å². The number of hydrogen-bond acceptors (Lipinski definition) is 1. The molecule has 0 N–H and O–H groups in total. The van der Waals surface area contributed by atoms with Crippen LogP contribution in [0.1, 0.15) is 46.0 Å². The van der Waals surface area contributed by atoms with Crippen LogP contribution in [0.4, 0.5) is 0 Å². The summed E-state index contributed by atoms with van der Waals surface area (Å²) in [4.78, 5) is 10.5. The molecule has 12 heavy (non-hydrogen) atoms. The molecule has 3 atom stereocenters. The summed E-state index contributed by atoms with van der Waals surface area (Å²) in [6.45, 7) is 4.37. The maximum Gasteiger partial charge on any atom is 0.122 e. The molecule has 3 unspecified atom stereocenters. The van der Waals surface area contributed by atoms with Gasteiger partial charge >= 0.3 is 0 Å². The van der Waals surface area contributed by atoms with Gasteiger partial charge in [0.1, 0.15) is 6.29 Å². The fourth-order valence-electron chi connectivity index (χ4n) is 2.36. The van der Waals surface area contributed by atoms with E-state index in [1.165, 1.54) is 25.7 Å². The topological polar surface area (TPSA) is 17.1 Å². The van der Waals surface area contributed by atoms with Gasteiger partial charge in [-0.25, -0.2) is 0 Å². The van der Waals surface area contributed by atoms with Crippen LogP contribution < -0.4 is 0 Å². The zero-order valence-corrected chi connectivity index (χ0v) is 8.25. The molecule has 0 aromatic rings. The highest BCUT2D eigenvalue weighted by Crippen LogP contribution is 2.32. The van der Waals surface area contributed by atoms with Crippen molar-refractivity contribution in [1.29, 1.82) is 0 Å². The van der Waals surface area contributed by atoms with Gasteiger partial charge in [-0.2, -0.15) is 0 Å². The van der Waals surface area contributed by atoms with Crippen molar-refractivity contribution in [2.45, 2.75) is 46.0 Å². The molecule has 0 aliphatic heterocycles. The third-order valence-corrected chi connectivity index (χ3v) is 2.98. The number of rotatable bonds is 3. The zero-order valence-electron chi connectivity index (χ0n) is 8.25. The van der Waals surface area contributed by atoms with Crippen molar-refractivity contribution < 1.29 is 4.79 Å². The molecule has 1 nitrogen and oxygen atoms in total. The van der Waals surface area contributed by atoms with E-state index in [1.807, 2.05) is 6.92 Å². The first-order chi connectivity index (χ1) is 5.72. The summed E-state index contributed by atoms with van der Waals surface area (Å²) in [6.07, 6.45) is 7.68. The summed E-state index contributed by atoms with van der Waals surface area (Å²) in [5.41, 5.74) is 0. The lowest BCUT2D eigenvalue weighted by atomic mass is 9.79. The molecule has 1 saturated carbocycles. The van der Waals surface area contributed by atoms with Crippen LogP contribution in [0.2, 0.25) is 0 Å². The molecule has 0 saturated heterocycles. The van der Waals surface area contributed by atoms with E-state index >= 15 is 0 Å². The van der Waals surface area contributed by atoms with E-state index in [-0.39, 0.29) is 5.92 Å². The molecule has 1 heteroatoms. The average molecular weight is 168 g/mol. The Morgan fingerprint density at radius 2 is 2.25 bits per heavy atom. The zero-order chi connectivity index (χ0) is 8.97. The molecule has 1 rings (SSSR count). The first kappa shape index (κ1) is 9.76. The van der Waals surface area contributed by atoms with Gasteiger partial charge in [0, 0.05) is 5.92 Å². The smallest absolute Gasteiger partial charge is 0.122 e. The van der Waals surface area contributed by atoms with Crippen molar-refractivity contribution in [1.82, 2.24) is 0 Å². The van der Waals surface area contributed by atoms with E-state index < -0.39 is 0 Å². The molecule has 1 fully saturated rings. The minimum atomic E-state index is 0.278. The number of aldehydes is 1. The first-order valence-electron chi connectivity index (χ1n) is 5.17. The second-order valence-electron chi connectivity index (χ2n) is 4.49. The lowest BCUT2D eigenvalue weighted by Gasteiger charge is -2.27. The van der Waals surface area contributed by atoms with E-state index in [9.17, 15) is 4.79 Å². The summed E-state index contributed by atoms with van der Waals surface area (Å²) in [5, 5.41) is 0. The van der Waals surface area contributed by atoms with Crippen molar-refractivity contribution in [3.8, 4) is 0 Å². The van der Waals surface area contributed by atoms with Crippen LogP contribution in [0.15, 0.2) is 0 Å². The molecule has 0 heterocycles. The van der Waals surface area contributed by atoms with Gasteiger partial charge in [0.05, 0.1) is 0 Å². The van der Waals surface area contributed by atoms with Crippen LogP contribution in [0.3, 0.4) is 0 Å². The van der Waals surface area contributed by atoms with Crippen LogP contribution in [-0.2, 0) is 4.79 Å². The SMILES string of the molecule is CC(C=O)CC1CCCC(C)C1. The molecule has 0 radical (unpaired) electrons. The van der Waals surface area contributed by atoms with Crippen LogP contribution >= 0.6 is 0 Å². The molecular formula is C11H20O. The van der Waals surface area contributed by atoms with Crippen LogP contribution in [0, 0.1) is 17.8 Å². The standard InChI is InChI=1S/C11H20O/c1-9-4-3-5-11(6-9)7-10(2)8-12/h8-11H,3-7H2,1-2H3. The summed E-state index contributed by atoms with van der Waals surface area (Å²) in [6, 6.07) is 0. The number of hydrogen-bond donors (Lipinski definition) is 0. The predicted molar refractivity (Wildman–Crippen MR) is 51.0 cm³/mol. The van der Waals surface area contributed by atoms with Gasteiger partial charge in [-0.1, -0.05) is 33.1 Å². The van der Waals surface area contributed by atoms with Gasteiger partial charge in [-0.05, 0) is 24.7 Å². The van der Waals surface area contributed by atoms with Crippen molar-refractivity contribution in [2.24, 2.45) is 17.8 Å². The van der Waals surface area contributed by atoms with Crippen LogP contribution in [-0.4, -0.2) is 6.29 Å². The molecule has 0 bridgehead atoms. The number of carbonyl (C=O) groups is 1. The Bertz CT molecular complexity index is 142. The molecular weight excluding hydrogens is 148 g/mol. The molecule has 0 aromatic carbocycles.